The second-order valence-corrected chi connectivity index (χ2v) is 9.31. The molecule has 0 spiro atoms. The number of amides is 1. The maximum atomic E-state index is 13.0. The second kappa shape index (κ2) is 7.66. The quantitative estimate of drug-likeness (QED) is 0.858. The van der Waals surface area contributed by atoms with Crippen LogP contribution in [0.2, 0.25) is 0 Å². The summed E-state index contributed by atoms with van der Waals surface area (Å²) in [7, 11) is -3.66. The minimum atomic E-state index is -3.66. The Balaban J connectivity index is 1.56. The molecule has 28 heavy (non-hydrogen) atoms. The molecule has 7 heteroatoms. The molecule has 2 aromatic carbocycles. The zero-order valence-electron chi connectivity index (χ0n) is 15.6. The van der Waals surface area contributed by atoms with E-state index in [2.05, 4.69) is 0 Å². The lowest BCUT2D eigenvalue weighted by atomic mass is 10.0. The Bertz CT molecular complexity index is 972. The number of fused-ring (bicyclic) bond motifs is 1. The number of benzene rings is 2. The molecule has 1 saturated heterocycles. The van der Waals surface area contributed by atoms with Crippen molar-refractivity contribution in [1.29, 1.82) is 0 Å². The van der Waals surface area contributed by atoms with Crippen molar-refractivity contribution >= 4 is 21.6 Å². The van der Waals surface area contributed by atoms with Crippen LogP contribution in [-0.2, 0) is 16.4 Å². The first-order chi connectivity index (χ1) is 13.5. The van der Waals surface area contributed by atoms with Gasteiger partial charge in [0, 0.05) is 30.9 Å². The highest BCUT2D eigenvalue weighted by Gasteiger charge is 2.30. The van der Waals surface area contributed by atoms with Crippen molar-refractivity contribution < 1.29 is 18.3 Å². The van der Waals surface area contributed by atoms with Gasteiger partial charge >= 0.3 is 0 Å². The fourth-order valence-corrected chi connectivity index (χ4v) is 5.47. The summed E-state index contributed by atoms with van der Waals surface area (Å²) in [5.74, 6) is -0.121. The molecule has 1 N–H and O–H groups in total. The van der Waals surface area contributed by atoms with Gasteiger partial charge in [-0.15, -0.1) is 0 Å². The molecular formula is C21H24N2O4S. The van der Waals surface area contributed by atoms with E-state index in [4.69, 9.17) is 0 Å². The molecule has 0 bridgehead atoms. The predicted molar refractivity (Wildman–Crippen MR) is 107 cm³/mol. The number of anilines is 1. The molecule has 1 unspecified atom stereocenters. The Kier molecular flexibility index (Phi) is 5.23. The maximum Gasteiger partial charge on any atom is 0.258 e. The van der Waals surface area contributed by atoms with Crippen LogP contribution in [0.1, 0.15) is 35.2 Å². The molecule has 0 saturated carbocycles. The van der Waals surface area contributed by atoms with E-state index in [0.29, 0.717) is 31.5 Å². The Hall–Kier alpha value is -2.22. The molecule has 148 valence electrons. The first kappa shape index (κ1) is 19.1. The monoisotopic (exact) mass is 400 g/mol. The third kappa shape index (κ3) is 3.57. The van der Waals surface area contributed by atoms with E-state index in [9.17, 15) is 18.3 Å². The molecule has 4 rings (SSSR count). The molecule has 2 aromatic rings. The van der Waals surface area contributed by atoms with Crippen molar-refractivity contribution in [3.05, 3.63) is 59.7 Å². The summed E-state index contributed by atoms with van der Waals surface area (Å²) in [6, 6.07) is 14.0. The molecule has 0 aromatic heterocycles. The standard InChI is InChI=1S/C21H24N2O4S/c24-18-7-4-13-22(15-18)28(26,27)19-11-9-17(10-12-19)21(25)23-14-3-6-16-5-1-2-8-20(16)23/h1-2,5,8-12,18,24H,3-4,6-7,13-15H2. The lowest BCUT2D eigenvalue weighted by molar-refractivity contribution is 0.0985. The van der Waals surface area contributed by atoms with Crippen LogP contribution < -0.4 is 4.90 Å². The summed E-state index contributed by atoms with van der Waals surface area (Å²) >= 11 is 0. The van der Waals surface area contributed by atoms with Crippen molar-refractivity contribution in [2.45, 2.75) is 36.7 Å². The number of aliphatic hydroxyl groups excluding tert-OH is 1. The molecule has 1 fully saturated rings. The zero-order chi connectivity index (χ0) is 19.7. The number of carbonyl (C=O) groups is 1. The van der Waals surface area contributed by atoms with Crippen LogP contribution in [0.3, 0.4) is 0 Å². The zero-order valence-corrected chi connectivity index (χ0v) is 16.4. The average Bonchev–Trinajstić information content (AvgIpc) is 2.73. The van der Waals surface area contributed by atoms with Gasteiger partial charge in [0.25, 0.3) is 5.91 Å². The Morgan fingerprint density at radius 1 is 1.00 bits per heavy atom. The lowest BCUT2D eigenvalue weighted by Gasteiger charge is -2.30. The topological polar surface area (TPSA) is 77.9 Å². The van der Waals surface area contributed by atoms with Gasteiger partial charge in [-0.2, -0.15) is 4.31 Å². The number of nitrogens with zero attached hydrogens (tertiary/aromatic N) is 2. The highest BCUT2D eigenvalue weighted by atomic mass is 32.2. The summed E-state index contributed by atoms with van der Waals surface area (Å²) in [6.45, 7) is 1.18. The second-order valence-electron chi connectivity index (χ2n) is 7.37. The molecule has 2 aliphatic heterocycles. The van der Waals surface area contributed by atoms with Crippen LogP contribution in [0.5, 0.6) is 0 Å². The molecule has 1 amide bonds. The van der Waals surface area contributed by atoms with Gasteiger partial charge in [-0.1, -0.05) is 18.2 Å². The third-order valence-electron chi connectivity index (χ3n) is 5.45. The number of piperidine rings is 1. The van der Waals surface area contributed by atoms with Crippen LogP contribution in [0.4, 0.5) is 5.69 Å². The van der Waals surface area contributed by atoms with Crippen LogP contribution in [-0.4, -0.2) is 49.5 Å². The summed E-state index contributed by atoms with van der Waals surface area (Å²) in [4.78, 5) is 14.9. The average molecular weight is 401 g/mol. The number of aliphatic hydroxyl groups is 1. The predicted octanol–water partition coefficient (Wildman–Crippen LogP) is 2.43. The molecule has 0 radical (unpaired) electrons. The largest absolute Gasteiger partial charge is 0.392 e. The number of hydrogen-bond acceptors (Lipinski definition) is 4. The Morgan fingerprint density at radius 2 is 1.75 bits per heavy atom. The number of carbonyl (C=O) groups excluding carboxylic acids is 1. The van der Waals surface area contributed by atoms with Gasteiger partial charge in [-0.25, -0.2) is 8.42 Å². The first-order valence-corrected chi connectivity index (χ1v) is 11.1. The van der Waals surface area contributed by atoms with E-state index in [-0.39, 0.29) is 17.3 Å². The van der Waals surface area contributed by atoms with Crippen molar-refractivity contribution in [1.82, 2.24) is 4.31 Å². The highest BCUT2D eigenvalue weighted by molar-refractivity contribution is 7.89. The molecule has 2 heterocycles. The van der Waals surface area contributed by atoms with E-state index in [0.717, 1.165) is 24.1 Å². The molecule has 0 aliphatic carbocycles. The van der Waals surface area contributed by atoms with E-state index in [1.165, 1.54) is 16.4 Å². The number of para-hydroxylation sites is 1. The Morgan fingerprint density at radius 3 is 2.50 bits per heavy atom. The van der Waals surface area contributed by atoms with E-state index < -0.39 is 16.1 Å². The first-order valence-electron chi connectivity index (χ1n) is 9.65. The number of hydrogen-bond donors (Lipinski definition) is 1. The molecule has 1 atom stereocenters. The van der Waals surface area contributed by atoms with E-state index >= 15 is 0 Å². The van der Waals surface area contributed by atoms with Crippen molar-refractivity contribution in [2.75, 3.05) is 24.5 Å². The number of β-amino-alcohol motifs (C(OH)–C–C–N with tert-alkyl or cyclic N) is 1. The number of rotatable bonds is 3. The van der Waals surface area contributed by atoms with Gasteiger partial charge in [0.1, 0.15) is 0 Å². The smallest absolute Gasteiger partial charge is 0.258 e. The molecule has 6 nitrogen and oxygen atoms in total. The fourth-order valence-electron chi connectivity index (χ4n) is 3.96. The number of aryl methyl sites for hydroxylation is 1. The molecule has 2 aliphatic rings. The fraction of sp³-hybridized carbons (Fsp3) is 0.381. The van der Waals surface area contributed by atoms with Crippen LogP contribution in [0.25, 0.3) is 0 Å². The van der Waals surface area contributed by atoms with Gasteiger partial charge in [-0.3, -0.25) is 4.79 Å². The van der Waals surface area contributed by atoms with Gasteiger partial charge in [0.2, 0.25) is 10.0 Å². The lowest BCUT2D eigenvalue weighted by Crippen LogP contribution is -2.42. The minimum Gasteiger partial charge on any atom is -0.392 e. The van der Waals surface area contributed by atoms with Gasteiger partial charge < -0.3 is 10.0 Å². The highest BCUT2D eigenvalue weighted by Crippen LogP contribution is 2.28. The van der Waals surface area contributed by atoms with Crippen LogP contribution in [0, 0.1) is 0 Å². The third-order valence-corrected chi connectivity index (χ3v) is 7.33. The maximum absolute atomic E-state index is 13.0. The van der Waals surface area contributed by atoms with Crippen LogP contribution in [0.15, 0.2) is 53.4 Å². The minimum absolute atomic E-state index is 0.119. The van der Waals surface area contributed by atoms with Crippen molar-refractivity contribution in [3.63, 3.8) is 0 Å². The molecular weight excluding hydrogens is 376 g/mol. The van der Waals surface area contributed by atoms with Gasteiger partial charge in [0.15, 0.2) is 0 Å². The van der Waals surface area contributed by atoms with Gasteiger partial charge in [-0.05, 0) is 61.6 Å². The SMILES string of the molecule is O=C(c1ccc(S(=O)(=O)N2CCCC(O)C2)cc1)N1CCCc2ccccc21. The van der Waals surface area contributed by atoms with Gasteiger partial charge in [0.05, 0.1) is 11.0 Å². The Labute approximate surface area is 165 Å². The van der Waals surface area contributed by atoms with E-state index in [1.807, 2.05) is 24.3 Å². The van der Waals surface area contributed by atoms with E-state index in [1.54, 1.807) is 17.0 Å². The van der Waals surface area contributed by atoms with Crippen molar-refractivity contribution in [2.24, 2.45) is 0 Å². The summed E-state index contributed by atoms with van der Waals surface area (Å²) in [5.41, 5.74) is 2.55. The normalized spacial score (nSPS) is 20.6. The summed E-state index contributed by atoms with van der Waals surface area (Å²) in [5, 5.41) is 9.77. The summed E-state index contributed by atoms with van der Waals surface area (Å²) in [6.07, 6.45) is 2.51. The number of sulfonamides is 1. The van der Waals surface area contributed by atoms with Crippen molar-refractivity contribution in [3.8, 4) is 0 Å². The summed E-state index contributed by atoms with van der Waals surface area (Å²) < 4.78 is 26.9. The van der Waals surface area contributed by atoms with Crippen LogP contribution >= 0.6 is 0 Å².